The van der Waals surface area contributed by atoms with Gasteiger partial charge in [-0.05, 0) is 43.5 Å². The van der Waals surface area contributed by atoms with Crippen LogP contribution in [0.2, 0.25) is 0 Å². The number of thioether (sulfide) groups is 1. The number of hydrogen-bond acceptors (Lipinski definition) is 5. The molecule has 2 fully saturated rings. The van der Waals surface area contributed by atoms with Crippen molar-refractivity contribution in [3.8, 4) is 5.75 Å². The molecule has 0 spiro atoms. The molecule has 128 valence electrons. The van der Waals surface area contributed by atoms with Crippen LogP contribution >= 0.6 is 24.0 Å². The Hall–Kier alpha value is -1.37. The quantitative estimate of drug-likeness (QED) is 0.602. The zero-order valence-electron chi connectivity index (χ0n) is 14.0. The standard InChI is InChI=1S/C18H22N2O2S2/c1-13-5-3-4-10-19(13)12-20-17(21)16(24-18(20)23)11-14-6-8-15(22-2)9-7-14/h6-9,11,13H,3-5,10,12H2,1-2H3/b16-11-/t13-/m0/s1. The van der Waals surface area contributed by atoms with Gasteiger partial charge in [0.05, 0.1) is 18.7 Å². The van der Waals surface area contributed by atoms with E-state index in [0.29, 0.717) is 21.9 Å². The second kappa shape index (κ2) is 7.68. The number of rotatable bonds is 4. The van der Waals surface area contributed by atoms with Gasteiger partial charge in [-0.1, -0.05) is 42.5 Å². The van der Waals surface area contributed by atoms with Gasteiger partial charge < -0.3 is 4.74 Å². The Morgan fingerprint density at radius 1 is 1.33 bits per heavy atom. The third-order valence-electron chi connectivity index (χ3n) is 4.55. The molecule has 2 saturated heterocycles. The number of ether oxygens (including phenoxy) is 1. The Morgan fingerprint density at radius 2 is 2.08 bits per heavy atom. The van der Waals surface area contributed by atoms with Crippen LogP contribution < -0.4 is 4.74 Å². The number of likely N-dealkylation sites (tertiary alicyclic amines) is 1. The lowest BCUT2D eigenvalue weighted by atomic mass is 10.0. The van der Waals surface area contributed by atoms with Crippen LogP contribution in [0, 0.1) is 0 Å². The molecule has 6 heteroatoms. The smallest absolute Gasteiger partial charge is 0.267 e. The zero-order chi connectivity index (χ0) is 17.1. The van der Waals surface area contributed by atoms with Crippen molar-refractivity contribution in [2.75, 3.05) is 20.3 Å². The topological polar surface area (TPSA) is 32.8 Å². The van der Waals surface area contributed by atoms with Crippen molar-refractivity contribution in [1.29, 1.82) is 0 Å². The number of methoxy groups -OCH3 is 1. The molecule has 0 aromatic heterocycles. The molecule has 2 aliphatic rings. The Balaban J connectivity index is 1.71. The monoisotopic (exact) mass is 362 g/mol. The predicted molar refractivity (Wildman–Crippen MR) is 103 cm³/mol. The lowest BCUT2D eigenvalue weighted by Gasteiger charge is -2.35. The van der Waals surface area contributed by atoms with E-state index in [0.717, 1.165) is 17.9 Å². The molecule has 0 N–H and O–H groups in total. The van der Waals surface area contributed by atoms with Gasteiger partial charge in [-0.2, -0.15) is 0 Å². The summed E-state index contributed by atoms with van der Waals surface area (Å²) in [6.07, 6.45) is 5.56. The highest BCUT2D eigenvalue weighted by Crippen LogP contribution is 2.33. The van der Waals surface area contributed by atoms with Crippen molar-refractivity contribution in [2.45, 2.75) is 32.2 Å². The molecule has 2 aliphatic heterocycles. The molecule has 0 aliphatic carbocycles. The minimum atomic E-state index is 0.0126. The highest BCUT2D eigenvalue weighted by molar-refractivity contribution is 8.26. The van der Waals surface area contributed by atoms with Gasteiger partial charge in [-0.25, -0.2) is 0 Å². The summed E-state index contributed by atoms with van der Waals surface area (Å²) in [5.41, 5.74) is 0.975. The van der Waals surface area contributed by atoms with Gasteiger partial charge in [0, 0.05) is 12.6 Å². The minimum absolute atomic E-state index is 0.0126. The molecule has 1 atom stereocenters. The normalized spacial score (nSPS) is 24.0. The van der Waals surface area contributed by atoms with Crippen LogP contribution in [0.5, 0.6) is 5.75 Å². The van der Waals surface area contributed by atoms with E-state index in [1.165, 1.54) is 31.0 Å². The molecule has 3 rings (SSSR count). The van der Waals surface area contributed by atoms with Crippen LogP contribution in [-0.2, 0) is 4.79 Å². The van der Waals surface area contributed by atoms with Crippen LogP contribution in [-0.4, -0.2) is 46.4 Å². The molecule has 24 heavy (non-hydrogen) atoms. The molecule has 4 nitrogen and oxygen atoms in total. The average Bonchev–Trinajstić information content (AvgIpc) is 2.85. The van der Waals surface area contributed by atoms with E-state index >= 15 is 0 Å². The molecule has 0 bridgehead atoms. The Morgan fingerprint density at radius 3 is 2.75 bits per heavy atom. The molecule has 0 unspecified atom stereocenters. The SMILES string of the molecule is COc1ccc(/C=C2\SC(=S)N(CN3CCCC[C@@H]3C)C2=O)cc1. The molecule has 1 aromatic carbocycles. The number of benzene rings is 1. The number of amides is 1. The summed E-state index contributed by atoms with van der Waals surface area (Å²) in [6, 6.07) is 8.18. The number of nitrogens with zero attached hydrogens (tertiary/aromatic N) is 2. The van der Waals surface area contributed by atoms with Crippen LogP contribution in [0.15, 0.2) is 29.2 Å². The summed E-state index contributed by atoms with van der Waals surface area (Å²) < 4.78 is 5.81. The van der Waals surface area contributed by atoms with Gasteiger partial charge >= 0.3 is 0 Å². The van der Waals surface area contributed by atoms with Crippen LogP contribution in [0.1, 0.15) is 31.7 Å². The minimum Gasteiger partial charge on any atom is -0.497 e. The van der Waals surface area contributed by atoms with Gasteiger partial charge in [-0.15, -0.1) is 0 Å². The van der Waals surface area contributed by atoms with Crippen molar-refractivity contribution in [1.82, 2.24) is 9.80 Å². The molecule has 1 aromatic rings. The first-order valence-corrected chi connectivity index (χ1v) is 9.44. The molecular weight excluding hydrogens is 340 g/mol. The lowest BCUT2D eigenvalue weighted by Crippen LogP contribution is -2.46. The van der Waals surface area contributed by atoms with Gasteiger partial charge in [0.25, 0.3) is 5.91 Å². The van der Waals surface area contributed by atoms with Gasteiger partial charge in [0.15, 0.2) is 0 Å². The summed E-state index contributed by atoms with van der Waals surface area (Å²) in [5.74, 6) is 0.817. The van der Waals surface area contributed by atoms with Gasteiger partial charge in [-0.3, -0.25) is 14.6 Å². The summed E-state index contributed by atoms with van der Waals surface area (Å²) in [5, 5.41) is 0. The van der Waals surface area contributed by atoms with E-state index in [1.54, 1.807) is 12.0 Å². The first-order valence-electron chi connectivity index (χ1n) is 8.22. The molecule has 2 heterocycles. The zero-order valence-corrected chi connectivity index (χ0v) is 15.7. The lowest BCUT2D eigenvalue weighted by molar-refractivity contribution is -0.124. The highest BCUT2D eigenvalue weighted by atomic mass is 32.2. The fourth-order valence-electron chi connectivity index (χ4n) is 3.02. The van der Waals surface area contributed by atoms with E-state index < -0.39 is 0 Å². The Labute approximate surface area is 152 Å². The van der Waals surface area contributed by atoms with E-state index in [1.807, 2.05) is 30.3 Å². The van der Waals surface area contributed by atoms with Crippen molar-refractivity contribution in [3.05, 3.63) is 34.7 Å². The van der Waals surface area contributed by atoms with E-state index in [4.69, 9.17) is 17.0 Å². The fourth-order valence-corrected chi connectivity index (χ4v) is 4.26. The molecular formula is C18H22N2O2S2. The third-order valence-corrected chi connectivity index (χ3v) is 5.93. The van der Waals surface area contributed by atoms with Crippen LogP contribution in [0.4, 0.5) is 0 Å². The average molecular weight is 363 g/mol. The van der Waals surface area contributed by atoms with Gasteiger partial charge in [0.1, 0.15) is 10.1 Å². The van der Waals surface area contributed by atoms with Crippen molar-refractivity contribution >= 4 is 40.3 Å². The summed E-state index contributed by atoms with van der Waals surface area (Å²) >= 11 is 6.83. The van der Waals surface area contributed by atoms with Crippen molar-refractivity contribution in [2.24, 2.45) is 0 Å². The van der Waals surface area contributed by atoms with E-state index in [9.17, 15) is 4.79 Å². The number of thiocarbonyl (C=S) groups is 1. The Kier molecular flexibility index (Phi) is 5.58. The molecule has 1 amide bonds. The van der Waals surface area contributed by atoms with E-state index in [2.05, 4.69) is 11.8 Å². The largest absolute Gasteiger partial charge is 0.497 e. The second-order valence-corrected chi connectivity index (χ2v) is 7.86. The summed E-state index contributed by atoms with van der Waals surface area (Å²) in [6.45, 7) is 3.87. The van der Waals surface area contributed by atoms with Crippen molar-refractivity contribution < 1.29 is 9.53 Å². The third kappa shape index (κ3) is 3.82. The predicted octanol–water partition coefficient (Wildman–Crippen LogP) is 3.73. The Bertz CT molecular complexity index is 657. The van der Waals surface area contributed by atoms with E-state index in [-0.39, 0.29) is 5.91 Å². The number of hydrogen-bond donors (Lipinski definition) is 0. The fraction of sp³-hybridized carbons (Fsp3) is 0.444. The summed E-state index contributed by atoms with van der Waals surface area (Å²) in [4.78, 5) is 17.5. The number of carbonyl (C=O) groups excluding carboxylic acids is 1. The highest BCUT2D eigenvalue weighted by Gasteiger charge is 2.34. The molecule has 0 radical (unpaired) electrons. The maximum atomic E-state index is 12.7. The van der Waals surface area contributed by atoms with Gasteiger partial charge in [0.2, 0.25) is 0 Å². The van der Waals surface area contributed by atoms with Crippen LogP contribution in [0.3, 0.4) is 0 Å². The van der Waals surface area contributed by atoms with Crippen molar-refractivity contribution in [3.63, 3.8) is 0 Å². The number of piperidine rings is 1. The second-order valence-electron chi connectivity index (χ2n) is 6.18. The molecule has 0 saturated carbocycles. The maximum absolute atomic E-state index is 12.7. The number of carbonyl (C=O) groups is 1. The summed E-state index contributed by atoms with van der Waals surface area (Å²) in [7, 11) is 1.64. The van der Waals surface area contributed by atoms with Crippen LogP contribution in [0.25, 0.3) is 6.08 Å². The first kappa shape index (κ1) is 17.5. The maximum Gasteiger partial charge on any atom is 0.267 e. The first-order chi connectivity index (χ1) is 11.6.